The summed E-state index contributed by atoms with van der Waals surface area (Å²) in [4.78, 5) is 2.42. The van der Waals surface area contributed by atoms with Crippen LogP contribution in [0.25, 0.3) is 0 Å². The van der Waals surface area contributed by atoms with Crippen molar-refractivity contribution in [3.63, 3.8) is 0 Å². The maximum absolute atomic E-state index is 5.37. The van der Waals surface area contributed by atoms with Gasteiger partial charge < -0.3 is 4.74 Å². The lowest BCUT2D eigenvalue weighted by atomic mass is 9.87. The molecule has 1 atom stereocenters. The van der Waals surface area contributed by atoms with Gasteiger partial charge in [0, 0.05) is 32.2 Å². The summed E-state index contributed by atoms with van der Waals surface area (Å²) in [5, 5.41) is 7.27. The average Bonchev–Trinajstić information content (AvgIpc) is 2.49. The molecule has 21 heavy (non-hydrogen) atoms. The standard InChI is InChI=1S/C17H33N3O/c1-14-4-6-17(7-5-14)19-16(3)18-12-15(2)13-20-8-10-21-11-9-20/h14,16-19H,2,4-13H2,1,3H3. The van der Waals surface area contributed by atoms with Gasteiger partial charge in [-0.05, 0) is 44.1 Å². The summed E-state index contributed by atoms with van der Waals surface area (Å²) in [6.45, 7) is 14.5. The second-order valence-corrected chi connectivity index (χ2v) is 6.86. The van der Waals surface area contributed by atoms with E-state index in [1.54, 1.807) is 0 Å². The van der Waals surface area contributed by atoms with Crippen molar-refractivity contribution < 1.29 is 4.74 Å². The van der Waals surface area contributed by atoms with Crippen LogP contribution in [0.4, 0.5) is 0 Å². The maximum Gasteiger partial charge on any atom is 0.0594 e. The predicted molar refractivity (Wildman–Crippen MR) is 88.4 cm³/mol. The van der Waals surface area contributed by atoms with E-state index in [1.165, 1.54) is 31.3 Å². The Hall–Kier alpha value is -0.420. The van der Waals surface area contributed by atoms with E-state index in [2.05, 4.69) is 36.0 Å². The zero-order valence-electron chi connectivity index (χ0n) is 13.9. The van der Waals surface area contributed by atoms with Crippen LogP contribution >= 0.6 is 0 Å². The minimum atomic E-state index is 0.366. The first-order chi connectivity index (χ1) is 10.1. The van der Waals surface area contributed by atoms with Gasteiger partial charge in [-0.1, -0.05) is 13.5 Å². The first-order valence-electron chi connectivity index (χ1n) is 8.59. The molecule has 2 fully saturated rings. The largest absolute Gasteiger partial charge is 0.379 e. The van der Waals surface area contributed by atoms with Gasteiger partial charge >= 0.3 is 0 Å². The fourth-order valence-electron chi connectivity index (χ4n) is 3.27. The summed E-state index contributed by atoms with van der Waals surface area (Å²) >= 11 is 0. The summed E-state index contributed by atoms with van der Waals surface area (Å²) in [5.41, 5.74) is 1.27. The number of nitrogens with one attached hydrogen (secondary N) is 2. The second kappa shape index (κ2) is 8.89. The van der Waals surface area contributed by atoms with Crippen LogP contribution in [0.15, 0.2) is 12.2 Å². The first-order valence-corrected chi connectivity index (χ1v) is 8.59. The summed E-state index contributed by atoms with van der Waals surface area (Å²) in [7, 11) is 0. The van der Waals surface area contributed by atoms with Gasteiger partial charge in [-0.15, -0.1) is 0 Å². The lowest BCUT2D eigenvalue weighted by Gasteiger charge is -2.31. The molecule has 1 saturated heterocycles. The molecule has 0 aromatic heterocycles. The van der Waals surface area contributed by atoms with Gasteiger partial charge in [0.15, 0.2) is 0 Å². The quantitative estimate of drug-likeness (QED) is 0.556. The van der Waals surface area contributed by atoms with Crippen molar-refractivity contribution in [3.05, 3.63) is 12.2 Å². The topological polar surface area (TPSA) is 36.5 Å². The Balaban J connectivity index is 1.57. The van der Waals surface area contributed by atoms with E-state index in [4.69, 9.17) is 4.74 Å². The van der Waals surface area contributed by atoms with E-state index in [-0.39, 0.29) is 0 Å². The molecule has 122 valence electrons. The van der Waals surface area contributed by atoms with Crippen molar-refractivity contribution >= 4 is 0 Å². The van der Waals surface area contributed by atoms with Gasteiger partial charge in [0.25, 0.3) is 0 Å². The highest BCUT2D eigenvalue weighted by Crippen LogP contribution is 2.23. The fourth-order valence-corrected chi connectivity index (χ4v) is 3.27. The zero-order valence-corrected chi connectivity index (χ0v) is 13.9. The average molecular weight is 295 g/mol. The highest BCUT2D eigenvalue weighted by atomic mass is 16.5. The van der Waals surface area contributed by atoms with Gasteiger partial charge in [-0.2, -0.15) is 0 Å². The molecule has 1 heterocycles. The molecule has 0 amide bonds. The number of nitrogens with zero attached hydrogens (tertiary/aromatic N) is 1. The van der Waals surface area contributed by atoms with Crippen molar-refractivity contribution in [3.8, 4) is 0 Å². The molecule has 0 aromatic rings. The van der Waals surface area contributed by atoms with E-state index in [9.17, 15) is 0 Å². The Kier molecular flexibility index (Phi) is 7.17. The molecule has 1 saturated carbocycles. The molecule has 0 bridgehead atoms. The second-order valence-electron chi connectivity index (χ2n) is 6.86. The number of morpholine rings is 1. The third-order valence-corrected chi connectivity index (χ3v) is 4.71. The highest BCUT2D eigenvalue weighted by molar-refractivity contribution is 5.00. The van der Waals surface area contributed by atoms with Gasteiger partial charge in [0.2, 0.25) is 0 Å². The normalized spacial score (nSPS) is 29.2. The van der Waals surface area contributed by atoms with Crippen molar-refractivity contribution in [1.82, 2.24) is 15.5 Å². The van der Waals surface area contributed by atoms with E-state index in [0.29, 0.717) is 12.2 Å². The third-order valence-electron chi connectivity index (χ3n) is 4.71. The van der Waals surface area contributed by atoms with Crippen LogP contribution in [0.1, 0.15) is 39.5 Å². The Bertz CT molecular complexity index is 307. The minimum Gasteiger partial charge on any atom is -0.379 e. The number of rotatable bonds is 7. The lowest BCUT2D eigenvalue weighted by molar-refractivity contribution is 0.0420. The Labute approximate surface area is 130 Å². The Morgan fingerprint density at radius 2 is 1.90 bits per heavy atom. The molecule has 1 aliphatic carbocycles. The van der Waals surface area contributed by atoms with Gasteiger partial charge in [0.1, 0.15) is 0 Å². The SMILES string of the molecule is C=C(CNC(C)NC1CCC(C)CC1)CN1CCOCC1. The van der Waals surface area contributed by atoms with Gasteiger partial charge in [0.05, 0.1) is 19.4 Å². The molecule has 0 radical (unpaired) electrons. The summed E-state index contributed by atoms with van der Waals surface area (Å²) in [6, 6.07) is 0.691. The van der Waals surface area contributed by atoms with Crippen LogP contribution in [-0.2, 0) is 4.74 Å². The van der Waals surface area contributed by atoms with Crippen LogP contribution in [0.2, 0.25) is 0 Å². The van der Waals surface area contributed by atoms with E-state index >= 15 is 0 Å². The zero-order chi connectivity index (χ0) is 15.1. The highest BCUT2D eigenvalue weighted by Gasteiger charge is 2.19. The Morgan fingerprint density at radius 1 is 1.24 bits per heavy atom. The van der Waals surface area contributed by atoms with E-state index in [0.717, 1.165) is 45.3 Å². The van der Waals surface area contributed by atoms with Crippen molar-refractivity contribution in [2.24, 2.45) is 5.92 Å². The molecule has 2 aliphatic rings. The molecule has 2 N–H and O–H groups in total. The number of hydrogen-bond acceptors (Lipinski definition) is 4. The van der Waals surface area contributed by atoms with Crippen LogP contribution in [0, 0.1) is 5.92 Å². The lowest BCUT2D eigenvalue weighted by Crippen LogP contribution is -2.47. The molecule has 0 aromatic carbocycles. The first kappa shape index (κ1) is 16.9. The summed E-state index contributed by atoms with van der Waals surface area (Å²) < 4.78 is 5.37. The fraction of sp³-hybridized carbons (Fsp3) is 0.882. The van der Waals surface area contributed by atoms with Crippen molar-refractivity contribution in [2.45, 2.75) is 51.7 Å². The third kappa shape index (κ3) is 6.47. The minimum absolute atomic E-state index is 0.366. The van der Waals surface area contributed by atoms with Crippen LogP contribution in [0.3, 0.4) is 0 Å². The smallest absolute Gasteiger partial charge is 0.0594 e. The molecule has 4 nitrogen and oxygen atoms in total. The summed E-state index contributed by atoms with van der Waals surface area (Å²) in [5.74, 6) is 0.916. The van der Waals surface area contributed by atoms with E-state index < -0.39 is 0 Å². The molecule has 1 unspecified atom stereocenters. The predicted octanol–water partition coefficient (Wildman–Crippen LogP) is 1.98. The molecule has 0 spiro atoms. The molecular formula is C17H33N3O. The molecule has 4 heteroatoms. The van der Waals surface area contributed by atoms with E-state index in [1.807, 2.05) is 0 Å². The van der Waals surface area contributed by atoms with Crippen LogP contribution in [-0.4, -0.2) is 56.5 Å². The van der Waals surface area contributed by atoms with Gasteiger partial charge in [-0.25, -0.2) is 0 Å². The number of hydrogen-bond donors (Lipinski definition) is 2. The van der Waals surface area contributed by atoms with Crippen molar-refractivity contribution in [2.75, 3.05) is 39.4 Å². The molecule has 1 aliphatic heterocycles. The molecule has 2 rings (SSSR count). The molecular weight excluding hydrogens is 262 g/mol. The summed E-state index contributed by atoms with van der Waals surface area (Å²) in [6.07, 6.45) is 5.75. The van der Waals surface area contributed by atoms with Crippen molar-refractivity contribution in [1.29, 1.82) is 0 Å². The monoisotopic (exact) mass is 295 g/mol. The number of ether oxygens (including phenoxy) is 1. The Morgan fingerprint density at radius 3 is 2.57 bits per heavy atom. The van der Waals surface area contributed by atoms with Gasteiger partial charge in [-0.3, -0.25) is 15.5 Å². The van der Waals surface area contributed by atoms with Crippen LogP contribution < -0.4 is 10.6 Å². The van der Waals surface area contributed by atoms with Crippen LogP contribution in [0.5, 0.6) is 0 Å². The maximum atomic E-state index is 5.37.